The second kappa shape index (κ2) is 31.1. The van der Waals surface area contributed by atoms with Crippen LogP contribution in [0, 0.1) is 0 Å². The van der Waals surface area contributed by atoms with Crippen molar-refractivity contribution in [3.05, 3.63) is 506 Å². The molecule has 22 aromatic rings. The van der Waals surface area contributed by atoms with Crippen LogP contribution >= 0.6 is 22.7 Å². The smallest absolute Gasteiger partial charge is 0.164 e. The number of thiophene rings is 2. The lowest BCUT2D eigenvalue weighted by Gasteiger charge is -2.31. The Bertz CT molecular complexity index is 8320. The Morgan fingerprint density at radius 2 is 0.409 bits per heavy atom. The average molecular weight is 1710 g/mol. The van der Waals surface area contributed by atoms with E-state index in [0.717, 1.165) is 94.6 Å². The van der Waals surface area contributed by atoms with E-state index in [0.29, 0.717) is 34.9 Å². The molecule has 0 amide bonds. The SMILES string of the molecule is c1ccc(-c2cc(-c3ccccc3)cc(-c3nc(-c4ccccc4)nc(-c4ccc5c(c4)C4(c6ccccc6-5)c5ccccc5-c5c(-c6ccccc6-c6cccc(-c7nc(-c8ccccc8)nc(-c8cccc(-c9cccc(-c%10cccc%11c%10-c%10ccccc%10C%11%10c%11ccccc%11-c%11c(-c%12ccccc%12)sc(-c%12ccccc%12)c%11%10)c9)c8)n7)c6)sc(-c6ccccc6)c54)n3)c2)cc1. The summed E-state index contributed by atoms with van der Waals surface area (Å²) in [6.45, 7) is 0. The molecule has 6 nitrogen and oxygen atoms in total. The second-order valence-corrected chi connectivity index (χ2v) is 36.5. The van der Waals surface area contributed by atoms with Crippen molar-refractivity contribution in [1.29, 1.82) is 0 Å². The van der Waals surface area contributed by atoms with E-state index in [1.807, 2.05) is 34.8 Å². The van der Waals surface area contributed by atoms with Crippen LogP contribution in [0.2, 0.25) is 0 Å². The first-order chi connectivity index (χ1) is 65.4. The van der Waals surface area contributed by atoms with E-state index < -0.39 is 10.8 Å². The number of hydrogen-bond acceptors (Lipinski definition) is 8. The molecule has 4 aliphatic rings. The number of benzene rings is 18. The van der Waals surface area contributed by atoms with Gasteiger partial charge in [-0.2, -0.15) is 0 Å². The number of nitrogens with zero attached hydrogens (tertiary/aromatic N) is 6. The van der Waals surface area contributed by atoms with Crippen LogP contribution in [0.3, 0.4) is 0 Å². The summed E-state index contributed by atoms with van der Waals surface area (Å²) in [6, 6.07) is 168. The van der Waals surface area contributed by atoms with E-state index in [4.69, 9.17) is 29.9 Å². The lowest BCUT2D eigenvalue weighted by Crippen LogP contribution is -2.26. The third-order valence-corrected chi connectivity index (χ3v) is 29.8. The molecule has 0 aliphatic heterocycles. The summed E-state index contributed by atoms with van der Waals surface area (Å²) < 4.78 is 0. The van der Waals surface area contributed by atoms with Crippen molar-refractivity contribution in [1.82, 2.24) is 29.9 Å². The highest BCUT2D eigenvalue weighted by atomic mass is 32.1. The molecule has 0 N–H and O–H groups in total. The highest BCUT2D eigenvalue weighted by Gasteiger charge is 2.57. The lowest BCUT2D eigenvalue weighted by atomic mass is 9.70. The minimum absolute atomic E-state index is 0.574. The van der Waals surface area contributed by atoms with Gasteiger partial charge in [-0.25, -0.2) is 29.9 Å². The Hall–Kier alpha value is -16.6. The van der Waals surface area contributed by atoms with Crippen LogP contribution in [0.15, 0.2) is 461 Å². The Labute approximate surface area is 773 Å². The summed E-state index contributed by atoms with van der Waals surface area (Å²) in [4.78, 5) is 37.8. The molecule has 2 unspecified atom stereocenters. The van der Waals surface area contributed by atoms with Gasteiger partial charge in [0.25, 0.3) is 0 Å². The first-order valence-electron chi connectivity index (χ1n) is 44.9. The number of rotatable bonds is 15. The molecule has 0 saturated heterocycles. The highest BCUT2D eigenvalue weighted by molar-refractivity contribution is 7.20. The van der Waals surface area contributed by atoms with Crippen molar-refractivity contribution < 1.29 is 0 Å². The zero-order valence-corrected chi connectivity index (χ0v) is 73.0. The van der Waals surface area contributed by atoms with E-state index in [2.05, 4.69) is 449 Å². The van der Waals surface area contributed by atoms with Gasteiger partial charge in [0, 0.05) is 69.6 Å². The van der Waals surface area contributed by atoms with Gasteiger partial charge in [-0.15, -0.1) is 22.7 Å². The molecule has 2 spiro atoms. The molecule has 614 valence electrons. The van der Waals surface area contributed by atoms with Crippen LogP contribution in [-0.4, -0.2) is 29.9 Å². The minimum Gasteiger partial charge on any atom is -0.208 e. The molecule has 0 bridgehead atoms. The van der Waals surface area contributed by atoms with Gasteiger partial charge < -0.3 is 0 Å². The van der Waals surface area contributed by atoms with E-state index in [-0.39, 0.29) is 0 Å². The van der Waals surface area contributed by atoms with Gasteiger partial charge in [0.2, 0.25) is 0 Å². The fourth-order valence-corrected chi connectivity index (χ4v) is 24.4. The summed E-state index contributed by atoms with van der Waals surface area (Å²) in [7, 11) is 0. The van der Waals surface area contributed by atoms with Gasteiger partial charge in [-0.1, -0.05) is 419 Å². The standard InChI is InChI=1S/C124H76N6S2/c1-8-36-77(37-9-1)91-73-92(78-38-10-2-11-39-78)75-93(74-91)122-128-118(83-48-20-7-21-49-83)127-121(130-122)90-68-69-97-96-57-24-28-63-102(96)124(107(97)76-90)105-66-31-27-61-101(105)110-112(124)115(81-44-16-5-17-45-81)132-116(110)98-58-23-22-56-94(98)86-52-34-55-89(72-86)120-126-117(82-46-18-6-19-47-82)125-119(129-120)88-54-33-51-85(71-88)84-50-32-53-87(70-84)95-62-35-67-106-108(95)99-59-25-29-64-103(99)123(106)104-65-30-26-60-100(104)109-111(123)114(80-42-14-4-15-43-80)131-113(109)79-40-12-3-13-41-79/h1-76H. The van der Waals surface area contributed by atoms with Crippen LogP contribution in [0.1, 0.15) is 44.5 Å². The predicted molar refractivity (Wildman–Crippen MR) is 543 cm³/mol. The van der Waals surface area contributed by atoms with Crippen LogP contribution in [-0.2, 0) is 10.8 Å². The second-order valence-electron chi connectivity index (χ2n) is 34.5. The largest absolute Gasteiger partial charge is 0.208 e. The van der Waals surface area contributed by atoms with Gasteiger partial charge in [0.05, 0.1) is 10.8 Å². The van der Waals surface area contributed by atoms with Gasteiger partial charge in [0.1, 0.15) is 0 Å². The molecule has 132 heavy (non-hydrogen) atoms. The number of aromatic nitrogens is 6. The van der Waals surface area contributed by atoms with E-state index >= 15 is 0 Å². The van der Waals surface area contributed by atoms with E-state index in [9.17, 15) is 0 Å². The molecule has 18 aromatic carbocycles. The first kappa shape index (κ1) is 76.6. The number of fused-ring (bicyclic) bond motifs is 20. The predicted octanol–water partition coefficient (Wildman–Crippen LogP) is 31.9. The molecule has 4 heterocycles. The van der Waals surface area contributed by atoms with Crippen LogP contribution in [0.5, 0.6) is 0 Å². The molecule has 2 atom stereocenters. The van der Waals surface area contributed by atoms with Gasteiger partial charge >= 0.3 is 0 Å². The number of hydrogen-bond donors (Lipinski definition) is 0. The maximum Gasteiger partial charge on any atom is 0.164 e. The molecule has 0 fully saturated rings. The van der Waals surface area contributed by atoms with Gasteiger partial charge in [-0.05, 0) is 193 Å². The zero-order valence-electron chi connectivity index (χ0n) is 71.4. The summed E-state index contributed by atoms with van der Waals surface area (Å²) in [6.07, 6.45) is 0. The van der Waals surface area contributed by atoms with Crippen molar-refractivity contribution in [2.45, 2.75) is 10.8 Å². The normalized spacial score (nSPS) is 14.3. The third kappa shape index (κ3) is 12.1. The van der Waals surface area contributed by atoms with Crippen molar-refractivity contribution in [2.75, 3.05) is 0 Å². The fraction of sp³-hybridized carbons (Fsp3) is 0.0161. The molecule has 0 radical (unpaired) electrons. The van der Waals surface area contributed by atoms with E-state index in [1.54, 1.807) is 0 Å². The van der Waals surface area contributed by atoms with Gasteiger partial charge in [-0.3, -0.25) is 0 Å². The Morgan fingerprint density at radius 1 is 0.136 bits per heavy atom. The van der Waals surface area contributed by atoms with Crippen LogP contribution in [0.4, 0.5) is 0 Å². The van der Waals surface area contributed by atoms with Crippen LogP contribution < -0.4 is 0 Å². The Kier molecular flexibility index (Phi) is 18.1. The summed E-state index contributed by atoms with van der Waals surface area (Å²) in [5.41, 5.74) is 39.8. The molecule has 26 rings (SSSR count). The fourth-order valence-electron chi connectivity index (χ4n) is 21.6. The molecule has 0 saturated carbocycles. The van der Waals surface area contributed by atoms with Crippen molar-refractivity contribution in [3.63, 3.8) is 0 Å². The van der Waals surface area contributed by atoms with E-state index in [1.165, 1.54) is 125 Å². The summed E-state index contributed by atoms with van der Waals surface area (Å²) in [5, 5.41) is 0. The van der Waals surface area contributed by atoms with Crippen molar-refractivity contribution in [3.8, 4) is 210 Å². The topological polar surface area (TPSA) is 77.3 Å². The molecule has 8 heteroatoms. The van der Waals surface area contributed by atoms with Gasteiger partial charge in [0.15, 0.2) is 34.9 Å². The van der Waals surface area contributed by atoms with Crippen molar-refractivity contribution in [2.24, 2.45) is 0 Å². The molecule has 4 aromatic heterocycles. The minimum atomic E-state index is -0.783. The highest BCUT2D eigenvalue weighted by Crippen LogP contribution is 2.71. The summed E-state index contributed by atoms with van der Waals surface area (Å²) >= 11 is 3.81. The Balaban J connectivity index is 0.589. The molecular formula is C124H76N6S2. The lowest BCUT2D eigenvalue weighted by molar-refractivity contribution is 0.798. The first-order valence-corrected chi connectivity index (χ1v) is 46.6. The Morgan fingerprint density at radius 3 is 0.894 bits per heavy atom. The van der Waals surface area contributed by atoms with Crippen LogP contribution in [0.25, 0.3) is 210 Å². The average Bonchev–Trinajstić information content (AvgIpc) is 1.49. The molecule has 4 aliphatic carbocycles. The maximum atomic E-state index is 5.59. The quantitative estimate of drug-likeness (QED) is 0.102. The third-order valence-electron chi connectivity index (χ3n) is 27.2. The summed E-state index contributed by atoms with van der Waals surface area (Å²) in [5.74, 6) is 3.52. The zero-order chi connectivity index (χ0) is 87.0. The maximum absolute atomic E-state index is 5.59. The monoisotopic (exact) mass is 1710 g/mol. The van der Waals surface area contributed by atoms with Crippen molar-refractivity contribution >= 4 is 22.7 Å². The molecular weight excluding hydrogens is 1640 g/mol.